The van der Waals surface area contributed by atoms with Gasteiger partial charge in [0.25, 0.3) is 5.91 Å². The quantitative estimate of drug-likeness (QED) is 0.290. The lowest BCUT2D eigenvalue weighted by Crippen LogP contribution is -2.43. The van der Waals surface area contributed by atoms with Gasteiger partial charge in [0.1, 0.15) is 11.9 Å². The van der Waals surface area contributed by atoms with E-state index in [1.54, 1.807) is 13.0 Å². The summed E-state index contributed by atoms with van der Waals surface area (Å²) < 4.78 is 59.4. The SMILES string of the molecule is COC(=O)[C@H](Cc1cccc2c(B3OC(C)(C)C(C)(C)O3)cccc12)NC(=O)c1c(C)cc(C2CC(F)(F)C2)cc1F. The highest BCUT2D eigenvalue weighted by Gasteiger charge is 2.52. The molecule has 0 unspecified atom stereocenters. The van der Waals surface area contributed by atoms with E-state index in [1.165, 1.54) is 7.11 Å². The van der Waals surface area contributed by atoms with E-state index in [1.807, 2.05) is 64.1 Å². The fourth-order valence-electron chi connectivity index (χ4n) is 5.73. The van der Waals surface area contributed by atoms with Gasteiger partial charge in [-0.2, -0.15) is 0 Å². The molecule has 1 N–H and O–H groups in total. The number of ether oxygens (including phenoxy) is 1. The predicted molar refractivity (Wildman–Crippen MR) is 155 cm³/mol. The van der Waals surface area contributed by atoms with Crippen molar-refractivity contribution in [3.63, 3.8) is 0 Å². The van der Waals surface area contributed by atoms with Gasteiger partial charge in [-0.05, 0) is 79.5 Å². The lowest BCUT2D eigenvalue weighted by molar-refractivity contribution is -0.142. The van der Waals surface area contributed by atoms with Crippen LogP contribution in [0.4, 0.5) is 13.2 Å². The van der Waals surface area contributed by atoms with Gasteiger partial charge in [0.05, 0.1) is 23.9 Å². The molecule has 1 aliphatic carbocycles. The zero-order valence-electron chi connectivity index (χ0n) is 24.6. The van der Waals surface area contributed by atoms with Crippen LogP contribution in [-0.4, -0.2) is 49.3 Å². The van der Waals surface area contributed by atoms with Crippen molar-refractivity contribution in [2.45, 2.75) is 83.0 Å². The fourth-order valence-corrected chi connectivity index (χ4v) is 5.73. The van der Waals surface area contributed by atoms with Crippen molar-refractivity contribution in [2.24, 2.45) is 0 Å². The first-order chi connectivity index (χ1) is 19.6. The van der Waals surface area contributed by atoms with Gasteiger partial charge in [-0.25, -0.2) is 18.0 Å². The van der Waals surface area contributed by atoms with Crippen molar-refractivity contribution in [2.75, 3.05) is 7.11 Å². The maximum absolute atomic E-state index is 15.2. The number of halogens is 3. The van der Waals surface area contributed by atoms with Crippen LogP contribution in [0.3, 0.4) is 0 Å². The van der Waals surface area contributed by atoms with Crippen molar-refractivity contribution in [3.05, 3.63) is 76.6 Å². The Morgan fingerprint density at radius 1 is 1.02 bits per heavy atom. The van der Waals surface area contributed by atoms with Crippen LogP contribution in [0.15, 0.2) is 48.5 Å². The smallest absolute Gasteiger partial charge is 0.467 e. The monoisotopic (exact) mass is 581 g/mol. The number of benzene rings is 3. The molecule has 2 fully saturated rings. The molecule has 1 aliphatic heterocycles. The molecule has 222 valence electrons. The number of esters is 1. The van der Waals surface area contributed by atoms with Crippen LogP contribution in [0, 0.1) is 12.7 Å². The molecule has 0 radical (unpaired) electrons. The zero-order valence-corrected chi connectivity index (χ0v) is 24.6. The number of methoxy groups -OCH3 is 1. The molecule has 6 nitrogen and oxygen atoms in total. The van der Waals surface area contributed by atoms with E-state index < -0.39 is 53.9 Å². The van der Waals surface area contributed by atoms with E-state index in [2.05, 4.69) is 5.32 Å². The number of hydrogen-bond donors (Lipinski definition) is 1. The van der Waals surface area contributed by atoms with E-state index in [9.17, 15) is 18.4 Å². The number of fused-ring (bicyclic) bond motifs is 1. The molecular formula is C32H35BF3NO5. The maximum atomic E-state index is 15.2. The predicted octanol–water partition coefficient (Wildman–Crippen LogP) is 5.61. The van der Waals surface area contributed by atoms with Gasteiger partial charge in [-0.1, -0.05) is 42.5 Å². The number of hydrogen-bond acceptors (Lipinski definition) is 5. The number of nitrogens with one attached hydrogen (secondary N) is 1. The van der Waals surface area contributed by atoms with E-state index in [0.29, 0.717) is 11.1 Å². The largest absolute Gasteiger partial charge is 0.495 e. The Kier molecular flexibility index (Phi) is 7.69. The highest BCUT2D eigenvalue weighted by atomic mass is 19.3. The Hall–Kier alpha value is -3.37. The van der Waals surface area contributed by atoms with Gasteiger partial charge >= 0.3 is 13.1 Å². The summed E-state index contributed by atoms with van der Waals surface area (Å²) in [4.78, 5) is 26.1. The molecule has 0 bridgehead atoms. The molecule has 5 rings (SSSR count). The highest BCUT2D eigenvalue weighted by Crippen LogP contribution is 2.48. The van der Waals surface area contributed by atoms with Crippen molar-refractivity contribution in [3.8, 4) is 0 Å². The van der Waals surface area contributed by atoms with Crippen molar-refractivity contribution >= 4 is 35.2 Å². The topological polar surface area (TPSA) is 73.9 Å². The third-order valence-corrected chi connectivity index (χ3v) is 8.87. The molecule has 10 heteroatoms. The lowest BCUT2D eigenvalue weighted by Gasteiger charge is -2.35. The van der Waals surface area contributed by atoms with Crippen LogP contribution >= 0.6 is 0 Å². The van der Waals surface area contributed by atoms with E-state index in [-0.39, 0.29) is 24.8 Å². The summed E-state index contributed by atoms with van der Waals surface area (Å²) in [6, 6.07) is 13.0. The van der Waals surface area contributed by atoms with Crippen molar-refractivity contribution in [1.82, 2.24) is 5.32 Å². The maximum Gasteiger partial charge on any atom is 0.495 e. The summed E-state index contributed by atoms with van der Waals surface area (Å²) >= 11 is 0. The molecule has 1 saturated carbocycles. The summed E-state index contributed by atoms with van der Waals surface area (Å²) in [5.41, 5.74) is 1.07. The minimum atomic E-state index is -2.74. The van der Waals surface area contributed by atoms with E-state index >= 15 is 4.39 Å². The van der Waals surface area contributed by atoms with Crippen LogP contribution in [0.1, 0.15) is 73.5 Å². The third-order valence-electron chi connectivity index (χ3n) is 8.87. The second kappa shape index (κ2) is 10.7. The average molecular weight is 581 g/mol. The van der Waals surface area contributed by atoms with Crippen LogP contribution in [0.25, 0.3) is 10.8 Å². The number of carbonyl (C=O) groups is 2. The number of rotatable bonds is 7. The van der Waals surface area contributed by atoms with Gasteiger partial charge in [-0.15, -0.1) is 0 Å². The molecule has 3 aromatic carbocycles. The molecule has 1 saturated heterocycles. The van der Waals surface area contributed by atoms with Gasteiger partial charge in [0.15, 0.2) is 0 Å². The first-order valence-electron chi connectivity index (χ1n) is 14.1. The second-order valence-corrected chi connectivity index (χ2v) is 12.4. The number of aryl methyl sites for hydroxylation is 1. The van der Waals surface area contributed by atoms with Crippen molar-refractivity contribution in [1.29, 1.82) is 0 Å². The second-order valence-electron chi connectivity index (χ2n) is 12.4. The van der Waals surface area contributed by atoms with Gasteiger partial charge in [0, 0.05) is 19.3 Å². The molecule has 1 atom stereocenters. The highest BCUT2D eigenvalue weighted by molar-refractivity contribution is 6.65. The molecule has 0 spiro atoms. The number of carbonyl (C=O) groups excluding carboxylic acids is 2. The number of alkyl halides is 2. The molecule has 3 aromatic rings. The normalized spacial score (nSPS) is 19.8. The van der Waals surface area contributed by atoms with Crippen LogP contribution in [0.2, 0.25) is 0 Å². The van der Waals surface area contributed by atoms with Crippen molar-refractivity contribution < 1.29 is 36.8 Å². The lowest BCUT2D eigenvalue weighted by atomic mass is 9.75. The Morgan fingerprint density at radius 3 is 2.24 bits per heavy atom. The van der Waals surface area contributed by atoms with E-state index in [0.717, 1.165) is 27.9 Å². The van der Waals surface area contributed by atoms with Gasteiger partial charge < -0.3 is 19.4 Å². The molecule has 42 heavy (non-hydrogen) atoms. The van der Waals surface area contributed by atoms with Crippen LogP contribution in [-0.2, 0) is 25.3 Å². The van der Waals surface area contributed by atoms with E-state index in [4.69, 9.17) is 14.0 Å². The van der Waals surface area contributed by atoms with Gasteiger partial charge in [-0.3, -0.25) is 4.79 Å². The van der Waals surface area contributed by atoms with Gasteiger partial charge in [0.2, 0.25) is 5.92 Å². The molecule has 1 amide bonds. The minimum Gasteiger partial charge on any atom is -0.467 e. The average Bonchev–Trinajstić information content (AvgIpc) is 3.11. The Morgan fingerprint density at radius 2 is 1.64 bits per heavy atom. The summed E-state index contributed by atoms with van der Waals surface area (Å²) in [5, 5.41) is 4.36. The third kappa shape index (κ3) is 5.54. The van der Waals surface area contributed by atoms with Crippen LogP contribution in [0.5, 0.6) is 0 Å². The Bertz CT molecular complexity index is 1510. The minimum absolute atomic E-state index is 0.0818. The standard InChI is InChI=1S/C32H35BF3NO5/c1-18-13-20(21-16-32(35,36)17-21)14-25(34)27(18)28(38)37-26(29(39)40-6)15-19-9-7-11-23-22(19)10-8-12-24(23)33-41-30(2,3)31(4,5)42-33/h7-14,21,26H,15-17H2,1-6H3,(H,37,38)/t26-/m0/s1. The molecular weight excluding hydrogens is 546 g/mol. The Labute approximate surface area is 244 Å². The first kappa shape index (κ1) is 30.1. The summed E-state index contributed by atoms with van der Waals surface area (Å²) in [5.74, 6) is -5.50. The number of amides is 1. The Balaban J connectivity index is 1.41. The fraction of sp³-hybridized carbons (Fsp3) is 0.438. The zero-order chi connectivity index (χ0) is 30.6. The van der Waals surface area contributed by atoms with Crippen LogP contribution < -0.4 is 10.8 Å². The summed E-state index contributed by atoms with van der Waals surface area (Å²) in [6.45, 7) is 9.48. The molecule has 0 aromatic heterocycles. The summed E-state index contributed by atoms with van der Waals surface area (Å²) in [7, 11) is 0.626. The molecule has 2 aliphatic rings. The molecule has 1 heterocycles. The summed E-state index contributed by atoms with van der Waals surface area (Å²) in [6.07, 6.45) is -0.606. The first-order valence-corrected chi connectivity index (χ1v) is 14.1.